The lowest BCUT2D eigenvalue weighted by Crippen LogP contribution is -2.26. The van der Waals surface area contributed by atoms with E-state index >= 15 is 0 Å². The van der Waals surface area contributed by atoms with Gasteiger partial charge in [-0.15, -0.1) is 24.8 Å². The first kappa shape index (κ1) is 25.6. The summed E-state index contributed by atoms with van der Waals surface area (Å²) in [6, 6.07) is 8.57. The molecule has 0 unspecified atom stereocenters. The Bertz CT molecular complexity index is 803. The maximum absolute atomic E-state index is 11.0. The van der Waals surface area contributed by atoms with E-state index in [4.69, 9.17) is 9.94 Å². The largest absolute Gasteiger partial charge is 0.494 e. The summed E-state index contributed by atoms with van der Waals surface area (Å²) < 4.78 is 5.48. The van der Waals surface area contributed by atoms with Gasteiger partial charge in [0, 0.05) is 31.8 Å². The molecular weight excluding hydrogens is 429 g/mol. The van der Waals surface area contributed by atoms with Crippen molar-refractivity contribution >= 4 is 42.6 Å². The molecule has 0 radical (unpaired) electrons. The highest BCUT2D eigenvalue weighted by Gasteiger charge is 2.22. The Labute approximate surface area is 188 Å². The van der Waals surface area contributed by atoms with E-state index in [9.17, 15) is 4.79 Å². The summed E-state index contributed by atoms with van der Waals surface area (Å²) in [7, 11) is 0. The Morgan fingerprint density at radius 1 is 1.27 bits per heavy atom. The van der Waals surface area contributed by atoms with Crippen molar-refractivity contribution in [2.75, 3.05) is 25.0 Å². The van der Waals surface area contributed by atoms with Gasteiger partial charge in [0.05, 0.1) is 24.7 Å². The molecular formula is C20H27Cl2N5O3. The first-order valence-corrected chi connectivity index (χ1v) is 9.31. The molecule has 2 aromatic rings. The topological polar surface area (TPSA) is 99.6 Å². The van der Waals surface area contributed by atoms with E-state index in [1.54, 1.807) is 12.4 Å². The van der Waals surface area contributed by atoms with E-state index in [-0.39, 0.29) is 24.8 Å². The Morgan fingerprint density at radius 3 is 2.67 bits per heavy atom. The van der Waals surface area contributed by atoms with Gasteiger partial charge in [-0.2, -0.15) is 0 Å². The number of ether oxygens (including phenoxy) is 1. The van der Waals surface area contributed by atoms with E-state index in [1.165, 1.54) is 23.2 Å². The predicted octanol–water partition coefficient (Wildman–Crippen LogP) is 2.92. The molecule has 3 rings (SSSR count). The van der Waals surface area contributed by atoms with Gasteiger partial charge in [0.2, 0.25) is 0 Å². The van der Waals surface area contributed by atoms with Crippen LogP contribution in [-0.4, -0.2) is 51.7 Å². The molecule has 1 aliphatic heterocycles. The lowest BCUT2D eigenvalue weighted by Gasteiger charge is -2.17. The quantitative estimate of drug-likeness (QED) is 0.319. The molecule has 0 saturated carbocycles. The summed E-state index contributed by atoms with van der Waals surface area (Å²) in [5, 5.41) is 11.9. The third kappa shape index (κ3) is 7.79. The number of carbonyl (C=O) groups is 1. The fourth-order valence-corrected chi connectivity index (χ4v) is 3.12. The molecule has 1 fully saturated rings. The number of hydrogen-bond acceptors (Lipinski definition) is 7. The zero-order valence-corrected chi connectivity index (χ0v) is 18.3. The maximum atomic E-state index is 11.0. The van der Waals surface area contributed by atoms with Crippen LogP contribution in [0.25, 0.3) is 6.08 Å². The van der Waals surface area contributed by atoms with Crippen LogP contribution in [0.4, 0.5) is 5.82 Å². The van der Waals surface area contributed by atoms with Crippen LogP contribution < -0.4 is 15.5 Å². The molecule has 0 aliphatic carbocycles. The Kier molecular flexibility index (Phi) is 11.1. The number of carbonyl (C=O) groups excluding carboxylic acids is 1. The average molecular weight is 456 g/mol. The van der Waals surface area contributed by atoms with Crippen LogP contribution in [0.5, 0.6) is 5.75 Å². The van der Waals surface area contributed by atoms with Gasteiger partial charge in [0.25, 0.3) is 5.91 Å². The highest BCUT2D eigenvalue weighted by atomic mass is 35.5. The zero-order chi connectivity index (χ0) is 19.8. The summed E-state index contributed by atoms with van der Waals surface area (Å²) in [6.07, 6.45) is 6.93. The fourth-order valence-electron chi connectivity index (χ4n) is 3.12. The minimum Gasteiger partial charge on any atom is -0.494 e. The van der Waals surface area contributed by atoms with Crippen molar-refractivity contribution < 1.29 is 14.7 Å². The first-order chi connectivity index (χ1) is 13.7. The van der Waals surface area contributed by atoms with Crippen LogP contribution >= 0.6 is 24.8 Å². The van der Waals surface area contributed by atoms with Crippen LogP contribution in [0.3, 0.4) is 0 Å². The molecule has 0 spiro atoms. The van der Waals surface area contributed by atoms with Gasteiger partial charge >= 0.3 is 0 Å². The lowest BCUT2D eigenvalue weighted by atomic mass is 10.2. The smallest absolute Gasteiger partial charge is 0.267 e. The molecule has 8 nitrogen and oxygen atoms in total. The second kappa shape index (κ2) is 13.0. The van der Waals surface area contributed by atoms with E-state index in [2.05, 4.69) is 32.3 Å². The normalized spacial score (nSPS) is 15.9. The number of aromatic nitrogens is 2. The van der Waals surface area contributed by atoms with Gasteiger partial charge in [-0.05, 0) is 37.1 Å². The van der Waals surface area contributed by atoms with Crippen LogP contribution in [-0.2, 0) is 11.3 Å². The summed E-state index contributed by atoms with van der Waals surface area (Å²) in [5.41, 5.74) is 3.34. The summed E-state index contributed by atoms with van der Waals surface area (Å²) in [5.74, 6) is 1.00. The molecule has 1 amide bonds. The number of amides is 1. The van der Waals surface area contributed by atoms with E-state index < -0.39 is 5.91 Å². The highest BCUT2D eigenvalue weighted by Crippen LogP contribution is 2.18. The zero-order valence-electron chi connectivity index (χ0n) is 16.7. The number of rotatable bonds is 8. The Hall–Kier alpha value is -2.39. The minimum absolute atomic E-state index is 0. The monoisotopic (exact) mass is 455 g/mol. The minimum atomic E-state index is -0.609. The van der Waals surface area contributed by atoms with Crippen molar-refractivity contribution in [3.8, 4) is 5.75 Å². The van der Waals surface area contributed by atoms with E-state index in [0.29, 0.717) is 24.2 Å². The van der Waals surface area contributed by atoms with Gasteiger partial charge < -0.3 is 10.1 Å². The van der Waals surface area contributed by atoms with Gasteiger partial charge in [-0.25, -0.2) is 10.5 Å². The molecule has 1 aromatic carbocycles. The molecule has 164 valence electrons. The van der Waals surface area contributed by atoms with Crippen LogP contribution in [0.15, 0.2) is 42.7 Å². The predicted molar refractivity (Wildman–Crippen MR) is 120 cm³/mol. The number of nitrogens with one attached hydrogen (secondary N) is 2. The third-order valence-electron chi connectivity index (χ3n) is 4.45. The third-order valence-corrected chi connectivity index (χ3v) is 4.45. The van der Waals surface area contributed by atoms with E-state index in [0.717, 1.165) is 31.8 Å². The molecule has 3 N–H and O–H groups in total. The van der Waals surface area contributed by atoms with Gasteiger partial charge in [0.15, 0.2) is 0 Å². The van der Waals surface area contributed by atoms with Crippen molar-refractivity contribution in [2.45, 2.75) is 25.9 Å². The van der Waals surface area contributed by atoms with Gasteiger partial charge in [0.1, 0.15) is 11.6 Å². The standard InChI is InChI=1S/C20H25N5O3.2ClH/c1-2-28-18-6-3-15(4-7-18)13-25-10-9-17(14-25)23-19-12-21-16(11-22-19)5-8-20(26)24-27;;/h3-8,11-12,17,27H,2,9-10,13-14H2,1H3,(H,22,23)(H,24,26);2*1H/b8-5+;;/t17-;;/m1../s1. The first-order valence-electron chi connectivity index (χ1n) is 9.31. The molecule has 1 saturated heterocycles. The lowest BCUT2D eigenvalue weighted by molar-refractivity contribution is -0.124. The van der Waals surface area contributed by atoms with Crippen LogP contribution in [0.1, 0.15) is 24.6 Å². The number of benzene rings is 1. The number of hydroxylamine groups is 1. The number of halogens is 2. The Balaban J connectivity index is 0.00000225. The fraction of sp³-hybridized carbons (Fsp3) is 0.350. The molecule has 2 heterocycles. The van der Waals surface area contributed by atoms with Crippen molar-refractivity contribution in [2.24, 2.45) is 0 Å². The summed E-state index contributed by atoms with van der Waals surface area (Å²) in [4.78, 5) is 21.9. The van der Waals surface area contributed by atoms with Crippen LogP contribution in [0, 0.1) is 0 Å². The van der Waals surface area contributed by atoms with Crippen LogP contribution in [0.2, 0.25) is 0 Å². The van der Waals surface area contributed by atoms with Crippen molar-refractivity contribution in [3.05, 3.63) is 54.0 Å². The summed E-state index contributed by atoms with van der Waals surface area (Å²) in [6.45, 7) is 5.53. The number of hydrogen-bond donors (Lipinski definition) is 3. The summed E-state index contributed by atoms with van der Waals surface area (Å²) >= 11 is 0. The highest BCUT2D eigenvalue weighted by molar-refractivity contribution is 5.90. The molecule has 0 bridgehead atoms. The van der Waals surface area contributed by atoms with Gasteiger partial charge in [-0.1, -0.05) is 12.1 Å². The molecule has 1 aliphatic rings. The van der Waals surface area contributed by atoms with Crippen molar-refractivity contribution in [3.63, 3.8) is 0 Å². The molecule has 10 heteroatoms. The SMILES string of the molecule is CCOc1ccc(CN2CC[C@@H](Nc3cnc(/C=C/C(=O)NO)cn3)C2)cc1.Cl.Cl. The molecule has 30 heavy (non-hydrogen) atoms. The number of likely N-dealkylation sites (tertiary alicyclic amines) is 1. The maximum Gasteiger partial charge on any atom is 0.267 e. The average Bonchev–Trinajstić information content (AvgIpc) is 3.15. The second-order valence-corrected chi connectivity index (χ2v) is 6.58. The second-order valence-electron chi connectivity index (χ2n) is 6.58. The Morgan fingerprint density at radius 2 is 2.03 bits per heavy atom. The van der Waals surface area contributed by atoms with Crippen molar-refractivity contribution in [1.82, 2.24) is 20.3 Å². The number of nitrogens with zero attached hydrogens (tertiary/aromatic N) is 3. The number of anilines is 1. The van der Waals surface area contributed by atoms with Gasteiger partial charge in [-0.3, -0.25) is 19.9 Å². The molecule has 1 atom stereocenters. The van der Waals surface area contributed by atoms with E-state index in [1.807, 2.05) is 19.1 Å². The molecule has 1 aromatic heterocycles. The van der Waals surface area contributed by atoms with Crippen molar-refractivity contribution in [1.29, 1.82) is 0 Å².